The lowest BCUT2D eigenvalue weighted by atomic mass is 10.2. The molecule has 0 amide bonds. The van der Waals surface area contributed by atoms with Gasteiger partial charge < -0.3 is 5.32 Å². The van der Waals surface area contributed by atoms with Crippen molar-refractivity contribution in [3.63, 3.8) is 0 Å². The first-order chi connectivity index (χ1) is 9.46. The summed E-state index contributed by atoms with van der Waals surface area (Å²) < 4.78 is 40.9. The molecule has 4 nitrogen and oxygen atoms in total. The molecule has 0 aliphatic carbocycles. The van der Waals surface area contributed by atoms with Gasteiger partial charge in [-0.3, -0.25) is 0 Å². The predicted molar refractivity (Wildman–Crippen MR) is 76.6 cm³/mol. The van der Waals surface area contributed by atoms with Crippen LogP contribution in [-0.4, -0.2) is 38.4 Å². The van der Waals surface area contributed by atoms with Crippen LogP contribution in [0.3, 0.4) is 0 Å². The third-order valence-electron chi connectivity index (χ3n) is 3.56. The third-order valence-corrected chi connectivity index (χ3v) is 5.53. The van der Waals surface area contributed by atoms with Gasteiger partial charge in [0.25, 0.3) is 0 Å². The van der Waals surface area contributed by atoms with Gasteiger partial charge >= 0.3 is 0 Å². The minimum Gasteiger partial charge on any atom is -0.315 e. The third kappa shape index (κ3) is 3.02. The molecule has 0 aromatic heterocycles. The molecule has 1 heterocycles. The van der Waals surface area contributed by atoms with Crippen LogP contribution in [-0.2, 0) is 10.0 Å². The topological polar surface area (TPSA) is 49.4 Å². The molecule has 2 rings (SSSR count). The highest BCUT2D eigenvalue weighted by Crippen LogP contribution is 2.24. The maximum absolute atomic E-state index is 13.9. The van der Waals surface area contributed by atoms with Gasteiger partial charge in [-0.1, -0.05) is 13.0 Å². The monoisotopic (exact) mass is 300 g/mol. The van der Waals surface area contributed by atoms with Crippen LogP contribution in [0.4, 0.5) is 4.39 Å². The van der Waals surface area contributed by atoms with Crippen molar-refractivity contribution in [1.29, 1.82) is 0 Å². The molecule has 112 valence electrons. The Labute approximate surface area is 120 Å². The average molecular weight is 300 g/mol. The van der Waals surface area contributed by atoms with Gasteiger partial charge in [0, 0.05) is 19.1 Å². The molecule has 6 heteroatoms. The summed E-state index contributed by atoms with van der Waals surface area (Å²) in [7, 11) is -3.78. The number of halogens is 1. The van der Waals surface area contributed by atoms with Crippen molar-refractivity contribution in [3.05, 3.63) is 29.6 Å². The van der Waals surface area contributed by atoms with E-state index in [9.17, 15) is 12.8 Å². The molecule has 1 N–H and O–H groups in total. The number of aryl methyl sites for hydroxylation is 1. The van der Waals surface area contributed by atoms with E-state index in [1.165, 1.54) is 16.4 Å². The molecule has 1 fully saturated rings. The van der Waals surface area contributed by atoms with Gasteiger partial charge in [-0.15, -0.1) is 0 Å². The molecular weight excluding hydrogens is 279 g/mol. The van der Waals surface area contributed by atoms with Gasteiger partial charge in [0.1, 0.15) is 10.7 Å². The molecule has 0 bridgehead atoms. The molecule has 1 atom stereocenters. The second-order valence-electron chi connectivity index (χ2n) is 5.20. The van der Waals surface area contributed by atoms with Gasteiger partial charge in [0.05, 0.1) is 0 Å². The van der Waals surface area contributed by atoms with Crippen LogP contribution >= 0.6 is 0 Å². The van der Waals surface area contributed by atoms with E-state index in [1.54, 1.807) is 13.0 Å². The van der Waals surface area contributed by atoms with E-state index in [0.29, 0.717) is 19.5 Å². The first-order valence-electron chi connectivity index (χ1n) is 6.95. The smallest absolute Gasteiger partial charge is 0.246 e. The highest BCUT2D eigenvalue weighted by molar-refractivity contribution is 7.89. The molecule has 20 heavy (non-hydrogen) atoms. The Kier molecular flexibility index (Phi) is 4.78. The fraction of sp³-hybridized carbons (Fsp3) is 0.571. The standard InChI is InChI=1S/C14H21FN2O2S/c1-3-8-17(12-6-7-16-10-12)20(18,19)14-9-11(2)4-5-13(14)15/h4-5,9,12,16H,3,6-8,10H2,1-2H3. The lowest BCUT2D eigenvalue weighted by Crippen LogP contribution is -2.42. The number of hydrogen-bond donors (Lipinski definition) is 1. The number of nitrogens with zero attached hydrogens (tertiary/aromatic N) is 1. The molecule has 1 saturated heterocycles. The van der Waals surface area contributed by atoms with Gasteiger partial charge in [-0.2, -0.15) is 4.31 Å². The Balaban J connectivity index is 2.41. The summed E-state index contributed by atoms with van der Waals surface area (Å²) in [5.74, 6) is -0.678. The first-order valence-corrected chi connectivity index (χ1v) is 8.39. The van der Waals surface area contributed by atoms with Crippen LogP contribution in [0.2, 0.25) is 0 Å². The summed E-state index contributed by atoms with van der Waals surface area (Å²) in [5.41, 5.74) is 0.742. The summed E-state index contributed by atoms with van der Waals surface area (Å²) in [6.07, 6.45) is 1.48. The quantitative estimate of drug-likeness (QED) is 0.903. The first kappa shape index (κ1) is 15.4. The molecule has 1 aliphatic heterocycles. The Morgan fingerprint density at radius 2 is 2.20 bits per heavy atom. The van der Waals surface area contributed by atoms with Gasteiger partial charge in [-0.25, -0.2) is 12.8 Å². The molecule has 1 aliphatic rings. The van der Waals surface area contributed by atoms with Crippen molar-refractivity contribution >= 4 is 10.0 Å². The van der Waals surface area contributed by atoms with Crippen LogP contribution in [0.15, 0.2) is 23.1 Å². The van der Waals surface area contributed by atoms with E-state index in [4.69, 9.17) is 0 Å². The van der Waals surface area contributed by atoms with E-state index >= 15 is 0 Å². The lowest BCUT2D eigenvalue weighted by Gasteiger charge is -2.27. The number of rotatable bonds is 5. The summed E-state index contributed by atoms with van der Waals surface area (Å²) in [6, 6.07) is 4.13. The van der Waals surface area contributed by atoms with E-state index in [-0.39, 0.29) is 10.9 Å². The second kappa shape index (κ2) is 6.20. The van der Waals surface area contributed by atoms with Gasteiger partial charge in [0.15, 0.2) is 0 Å². The highest BCUT2D eigenvalue weighted by Gasteiger charge is 2.34. The van der Waals surface area contributed by atoms with Crippen molar-refractivity contribution in [2.24, 2.45) is 0 Å². The van der Waals surface area contributed by atoms with Crippen LogP contribution in [0, 0.1) is 12.7 Å². The Morgan fingerprint density at radius 1 is 1.45 bits per heavy atom. The molecular formula is C14H21FN2O2S. The fourth-order valence-corrected chi connectivity index (χ4v) is 4.44. The van der Waals surface area contributed by atoms with Gasteiger partial charge in [0.2, 0.25) is 10.0 Å². The number of nitrogens with one attached hydrogen (secondary N) is 1. The van der Waals surface area contributed by atoms with Crippen molar-refractivity contribution in [2.45, 2.75) is 37.6 Å². The zero-order valence-electron chi connectivity index (χ0n) is 11.9. The normalized spacial score (nSPS) is 19.7. The summed E-state index contributed by atoms with van der Waals surface area (Å²) in [5, 5.41) is 3.16. The average Bonchev–Trinajstić information content (AvgIpc) is 2.92. The van der Waals surface area contributed by atoms with E-state index < -0.39 is 15.8 Å². The van der Waals surface area contributed by atoms with Crippen LogP contribution < -0.4 is 5.32 Å². The lowest BCUT2D eigenvalue weighted by molar-refractivity contribution is 0.333. The largest absolute Gasteiger partial charge is 0.315 e. The van der Waals surface area contributed by atoms with Crippen molar-refractivity contribution < 1.29 is 12.8 Å². The minimum absolute atomic E-state index is 0.0835. The summed E-state index contributed by atoms with van der Waals surface area (Å²) >= 11 is 0. The summed E-state index contributed by atoms with van der Waals surface area (Å²) in [6.45, 7) is 5.54. The van der Waals surface area contributed by atoms with Crippen LogP contribution in [0.1, 0.15) is 25.3 Å². The molecule has 0 saturated carbocycles. The Hall–Kier alpha value is -0.980. The van der Waals surface area contributed by atoms with Crippen molar-refractivity contribution in [3.8, 4) is 0 Å². The SMILES string of the molecule is CCCN(C1CCNC1)S(=O)(=O)c1cc(C)ccc1F. The summed E-state index contributed by atoms with van der Waals surface area (Å²) in [4.78, 5) is -0.210. The van der Waals surface area contributed by atoms with Crippen LogP contribution in [0.25, 0.3) is 0 Å². The zero-order valence-corrected chi connectivity index (χ0v) is 12.7. The van der Waals surface area contributed by atoms with Crippen molar-refractivity contribution in [1.82, 2.24) is 9.62 Å². The minimum atomic E-state index is -3.78. The number of benzene rings is 1. The molecule has 0 radical (unpaired) electrons. The highest BCUT2D eigenvalue weighted by atomic mass is 32.2. The fourth-order valence-electron chi connectivity index (χ4n) is 2.54. The van der Waals surface area contributed by atoms with E-state index in [0.717, 1.165) is 18.5 Å². The zero-order chi connectivity index (χ0) is 14.8. The number of sulfonamides is 1. The molecule has 1 aromatic carbocycles. The second-order valence-corrected chi connectivity index (χ2v) is 7.06. The molecule has 1 unspecified atom stereocenters. The Morgan fingerprint density at radius 3 is 2.80 bits per heavy atom. The predicted octanol–water partition coefficient (Wildman–Crippen LogP) is 1.90. The van der Waals surface area contributed by atoms with E-state index in [2.05, 4.69) is 5.32 Å². The maximum atomic E-state index is 13.9. The number of hydrogen-bond acceptors (Lipinski definition) is 3. The molecule has 0 spiro atoms. The molecule has 1 aromatic rings. The van der Waals surface area contributed by atoms with E-state index in [1.807, 2.05) is 6.92 Å². The van der Waals surface area contributed by atoms with Crippen LogP contribution in [0.5, 0.6) is 0 Å². The van der Waals surface area contributed by atoms with Gasteiger partial charge in [-0.05, 0) is 44.0 Å². The van der Waals surface area contributed by atoms with Crippen molar-refractivity contribution in [2.75, 3.05) is 19.6 Å². The maximum Gasteiger partial charge on any atom is 0.246 e. The Bertz CT molecular complexity index is 569.